The van der Waals surface area contributed by atoms with Crippen LogP contribution in [-0.4, -0.2) is 21.7 Å². The molecule has 1 aromatic heterocycles. The van der Waals surface area contributed by atoms with Gasteiger partial charge in [-0.25, -0.2) is 0 Å². The van der Waals surface area contributed by atoms with E-state index in [1.165, 1.54) is 17.4 Å². The number of benzene rings is 1. The van der Waals surface area contributed by atoms with Crippen molar-refractivity contribution in [1.29, 1.82) is 0 Å². The van der Waals surface area contributed by atoms with Gasteiger partial charge in [-0.2, -0.15) is 5.06 Å². The summed E-state index contributed by atoms with van der Waals surface area (Å²) in [7, 11) is 0. The van der Waals surface area contributed by atoms with E-state index >= 15 is 0 Å². The first-order valence-corrected chi connectivity index (χ1v) is 8.56. The van der Waals surface area contributed by atoms with Crippen molar-refractivity contribution in [2.45, 2.75) is 57.7 Å². The molecule has 2 heterocycles. The fourth-order valence-electron chi connectivity index (χ4n) is 3.68. The molecule has 2 aliphatic rings. The van der Waals surface area contributed by atoms with Crippen LogP contribution in [-0.2, 0) is 4.84 Å². The van der Waals surface area contributed by atoms with Crippen LogP contribution in [0.4, 0.5) is 0 Å². The molecular formula is C20H24N2O. The number of hydroxylamine groups is 2. The summed E-state index contributed by atoms with van der Waals surface area (Å²) in [5, 5.41) is 3.35. The Bertz CT molecular complexity index is 760. The van der Waals surface area contributed by atoms with Gasteiger partial charge >= 0.3 is 0 Å². The summed E-state index contributed by atoms with van der Waals surface area (Å²) >= 11 is 0. The number of hydrogen-bond acceptors (Lipinski definition) is 3. The van der Waals surface area contributed by atoms with Gasteiger partial charge < -0.3 is 0 Å². The largest absolute Gasteiger partial charge is 0.290 e. The predicted molar refractivity (Wildman–Crippen MR) is 92.9 cm³/mol. The lowest BCUT2D eigenvalue weighted by atomic mass is 9.89. The van der Waals surface area contributed by atoms with E-state index in [0.29, 0.717) is 0 Å². The highest BCUT2D eigenvalue weighted by Crippen LogP contribution is 2.45. The fourth-order valence-corrected chi connectivity index (χ4v) is 3.68. The molecule has 2 atom stereocenters. The van der Waals surface area contributed by atoms with Gasteiger partial charge in [0.2, 0.25) is 0 Å². The van der Waals surface area contributed by atoms with Crippen LogP contribution in [0.1, 0.15) is 51.8 Å². The van der Waals surface area contributed by atoms with Gasteiger partial charge in [0.05, 0.1) is 11.2 Å². The molecule has 3 heteroatoms. The molecule has 23 heavy (non-hydrogen) atoms. The number of aromatic nitrogens is 1. The molecule has 0 bridgehead atoms. The summed E-state index contributed by atoms with van der Waals surface area (Å²) in [5.41, 5.74) is 3.48. The molecule has 0 unspecified atom stereocenters. The summed E-state index contributed by atoms with van der Waals surface area (Å²) in [4.78, 5) is 11.3. The third-order valence-corrected chi connectivity index (χ3v) is 4.77. The lowest BCUT2D eigenvalue weighted by Crippen LogP contribution is -2.40. The minimum atomic E-state index is -0.0594. The monoisotopic (exact) mass is 308 g/mol. The maximum atomic E-state index is 6.33. The van der Waals surface area contributed by atoms with Crippen molar-refractivity contribution in [3.8, 4) is 0 Å². The van der Waals surface area contributed by atoms with Gasteiger partial charge in [0.25, 0.3) is 0 Å². The maximum Gasteiger partial charge on any atom is 0.102 e. The van der Waals surface area contributed by atoms with Crippen molar-refractivity contribution in [1.82, 2.24) is 10.0 Å². The molecule has 1 fully saturated rings. The molecule has 0 spiro atoms. The zero-order valence-corrected chi connectivity index (χ0v) is 14.1. The molecule has 0 saturated carbocycles. The molecule has 1 aliphatic heterocycles. The van der Waals surface area contributed by atoms with E-state index in [0.717, 1.165) is 24.1 Å². The van der Waals surface area contributed by atoms with Crippen molar-refractivity contribution in [2.75, 3.05) is 0 Å². The zero-order valence-electron chi connectivity index (χ0n) is 14.1. The van der Waals surface area contributed by atoms with Crippen molar-refractivity contribution < 1.29 is 4.84 Å². The highest BCUT2D eigenvalue weighted by atomic mass is 16.7. The fraction of sp³-hybridized carbons (Fsp3) is 0.450. The molecule has 0 N–H and O–H groups in total. The lowest BCUT2D eigenvalue weighted by Gasteiger charge is -2.34. The molecule has 2 aromatic rings. The third-order valence-electron chi connectivity index (χ3n) is 4.77. The van der Waals surface area contributed by atoms with E-state index in [2.05, 4.69) is 68.3 Å². The Morgan fingerprint density at radius 1 is 1.13 bits per heavy atom. The van der Waals surface area contributed by atoms with Gasteiger partial charge in [-0.05, 0) is 57.7 Å². The normalized spacial score (nSPS) is 25.4. The second kappa shape index (κ2) is 5.43. The summed E-state index contributed by atoms with van der Waals surface area (Å²) in [5.74, 6) is 0. The predicted octanol–water partition coefficient (Wildman–Crippen LogP) is 4.80. The van der Waals surface area contributed by atoms with E-state index in [9.17, 15) is 0 Å². The van der Waals surface area contributed by atoms with Gasteiger partial charge in [0, 0.05) is 10.9 Å². The zero-order chi connectivity index (χ0) is 16.0. The number of fused-ring (bicyclic) bond motifs is 2. The molecular weight excluding hydrogens is 284 g/mol. The Hall–Kier alpha value is -1.71. The summed E-state index contributed by atoms with van der Waals surface area (Å²) < 4.78 is 0. The number of nitrogens with zero attached hydrogens (tertiary/aromatic N) is 2. The van der Waals surface area contributed by atoms with Gasteiger partial charge in [0.1, 0.15) is 12.1 Å². The van der Waals surface area contributed by atoms with E-state index in [1.807, 2.05) is 0 Å². The van der Waals surface area contributed by atoms with Crippen LogP contribution in [0.15, 0.2) is 48.0 Å². The Morgan fingerprint density at radius 2 is 1.96 bits per heavy atom. The average Bonchev–Trinajstić information content (AvgIpc) is 2.94. The first-order valence-electron chi connectivity index (χ1n) is 8.56. The van der Waals surface area contributed by atoms with Crippen molar-refractivity contribution in [3.05, 3.63) is 53.7 Å². The maximum absolute atomic E-state index is 6.33. The van der Waals surface area contributed by atoms with Crippen LogP contribution in [0.25, 0.3) is 10.9 Å². The number of hydrogen-bond donors (Lipinski definition) is 0. The molecule has 120 valence electrons. The van der Waals surface area contributed by atoms with E-state index in [-0.39, 0.29) is 17.7 Å². The van der Waals surface area contributed by atoms with Gasteiger partial charge in [-0.1, -0.05) is 30.3 Å². The van der Waals surface area contributed by atoms with Gasteiger partial charge in [-0.15, -0.1) is 0 Å². The van der Waals surface area contributed by atoms with Crippen molar-refractivity contribution in [2.24, 2.45) is 0 Å². The number of allylic oxidation sites excluding steroid dienone is 1. The topological polar surface area (TPSA) is 25.4 Å². The SMILES string of the molecule is CC(C)(C)N1O[C@H]2CCCC=C2[C@@H]1c1ccc2ccccc2n1. The quantitative estimate of drug-likeness (QED) is 0.708. The smallest absolute Gasteiger partial charge is 0.102 e. The lowest BCUT2D eigenvalue weighted by molar-refractivity contribution is -0.214. The summed E-state index contributed by atoms with van der Waals surface area (Å²) in [6.45, 7) is 6.62. The van der Waals surface area contributed by atoms with Crippen LogP contribution < -0.4 is 0 Å². The number of rotatable bonds is 1. The van der Waals surface area contributed by atoms with Crippen LogP contribution in [0.5, 0.6) is 0 Å². The highest BCUT2D eigenvalue weighted by molar-refractivity contribution is 5.78. The van der Waals surface area contributed by atoms with E-state index in [4.69, 9.17) is 9.82 Å². The van der Waals surface area contributed by atoms with E-state index < -0.39 is 0 Å². The molecule has 1 saturated heterocycles. The molecule has 1 aromatic carbocycles. The van der Waals surface area contributed by atoms with Crippen molar-refractivity contribution >= 4 is 10.9 Å². The second-order valence-electron chi connectivity index (χ2n) is 7.56. The van der Waals surface area contributed by atoms with Crippen LogP contribution in [0.2, 0.25) is 0 Å². The first kappa shape index (κ1) is 14.9. The minimum Gasteiger partial charge on any atom is -0.290 e. The van der Waals surface area contributed by atoms with Crippen LogP contribution in [0, 0.1) is 0 Å². The highest BCUT2D eigenvalue weighted by Gasteiger charge is 2.45. The second-order valence-corrected chi connectivity index (χ2v) is 7.56. The average molecular weight is 308 g/mol. The molecule has 0 radical (unpaired) electrons. The van der Waals surface area contributed by atoms with E-state index in [1.54, 1.807) is 0 Å². The number of para-hydroxylation sites is 1. The Labute approximate surface area is 137 Å². The number of pyridine rings is 1. The van der Waals surface area contributed by atoms with Gasteiger partial charge in [-0.3, -0.25) is 9.82 Å². The molecule has 4 rings (SSSR count). The molecule has 0 amide bonds. The molecule has 1 aliphatic carbocycles. The summed E-state index contributed by atoms with van der Waals surface area (Å²) in [6.07, 6.45) is 6.08. The Kier molecular flexibility index (Phi) is 3.51. The Balaban J connectivity index is 1.82. The third kappa shape index (κ3) is 2.58. The van der Waals surface area contributed by atoms with Crippen LogP contribution >= 0.6 is 0 Å². The molecule has 3 nitrogen and oxygen atoms in total. The first-order chi connectivity index (χ1) is 11.0. The van der Waals surface area contributed by atoms with Gasteiger partial charge in [0.15, 0.2) is 0 Å². The van der Waals surface area contributed by atoms with Crippen molar-refractivity contribution in [3.63, 3.8) is 0 Å². The van der Waals surface area contributed by atoms with Crippen LogP contribution in [0.3, 0.4) is 0 Å². The Morgan fingerprint density at radius 3 is 2.78 bits per heavy atom. The minimum absolute atomic E-state index is 0.0594. The standard InChI is InChI=1S/C20H24N2O/c1-20(2,3)22-19(15-9-5-7-11-18(15)23-22)17-13-12-14-8-4-6-10-16(14)21-17/h4,6,8-10,12-13,18-19H,5,7,11H2,1-3H3/t18-,19+/m0/s1. The summed E-state index contributed by atoms with van der Waals surface area (Å²) in [6, 6.07) is 12.8.